The summed E-state index contributed by atoms with van der Waals surface area (Å²) >= 11 is 1.44. The van der Waals surface area contributed by atoms with Crippen LogP contribution >= 0.6 is 11.3 Å². The third kappa shape index (κ3) is 3.35. The molecule has 0 spiro atoms. The summed E-state index contributed by atoms with van der Waals surface area (Å²) < 4.78 is 7.42. The first-order valence-electron chi connectivity index (χ1n) is 9.17. The van der Waals surface area contributed by atoms with Gasteiger partial charge in [-0.2, -0.15) is 5.10 Å². The number of furan rings is 1. The van der Waals surface area contributed by atoms with Gasteiger partial charge in [-0.05, 0) is 51.0 Å². The molecule has 0 atom stereocenters. The van der Waals surface area contributed by atoms with E-state index < -0.39 is 5.97 Å². The molecule has 0 saturated carbocycles. The summed E-state index contributed by atoms with van der Waals surface area (Å²) in [4.78, 5) is 27.6. The van der Waals surface area contributed by atoms with Gasteiger partial charge in [0, 0.05) is 13.1 Å². The summed E-state index contributed by atoms with van der Waals surface area (Å²) in [6, 6.07) is 7.71. The Labute approximate surface area is 166 Å². The van der Waals surface area contributed by atoms with E-state index in [4.69, 9.17) is 4.42 Å². The van der Waals surface area contributed by atoms with Crippen LogP contribution in [0, 0.1) is 13.8 Å². The van der Waals surface area contributed by atoms with Gasteiger partial charge in [0.1, 0.15) is 17.1 Å². The maximum absolute atomic E-state index is 12.9. The van der Waals surface area contributed by atoms with Crippen LogP contribution < -0.4 is 0 Å². The Morgan fingerprint density at radius 3 is 2.54 bits per heavy atom. The molecule has 0 aromatic carbocycles. The van der Waals surface area contributed by atoms with E-state index in [0.29, 0.717) is 23.7 Å². The molecule has 3 aromatic rings. The zero-order valence-electron chi connectivity index (χ0n) is 15.7. The highest BCUT2D eigenvalue weighted by atomic mass is 32.1. The predicted octanol–water partition coefficient (Wildman–Crippen LogP) is 4.00. The van der Waals surface area contributed by atoms with Crippen molar-refractivity contribution < 1.29 is 19.1 Å². The van der Waals surface area contributed by atoms with Crippen LogP contribution in [0.5, 0.6) is 0 Å². The predicted molar refractivity (Wildman–Crippen MR) is 105 cm³/mol. The minimum Gasteiger partial charge on any atom is -0.478 e. The molecule has 1 aliphatic rings. The molecule has 7 nitrogen and oxygen atoms in total. The van der Waals surface area contributed by atoms with Crippen molar-refractivity contribution in [2.45, 2.75) is 32.7 Å². The second-order valence-electron chi connectivity index (χ2n) is 6.99. The monoisotopic (exact) mass is 399 g/mol. The van der Waals surface area contributed by atoms with Crippen LogP contribution in [-0.2, 0) is 0 Å². The SMILES string of the molecule is Cc1ccc(-c2ccc(C(=O)N3CCC(n4ncc(C(=O)O)c4C)CC3)s2)o1. The molecular formula is C20H21N3O4S. The van der Waals surface area contributed by atoms with Crippen LogP contribution in [-0.4, -0.2) is 44.8 Å². The lowest BCUT2D eigenvalue weighted by Gasteiger charge is -2.32. The van der Waals surface area contributed by atoms with Crippen LogP contribution in [0.2, 0.25) is 0 Å². The van der Waals surface area contributed by atoms with Gasteiger partial charge in [-0.25, -0.2) is 4.79 Å². The van der Waals surface area contributed by atoms with Crippen LogP contribution in [0.15, 0.2) is 34.9 Å². The number of carboxylic acids is 1. The molecule has 8 heteroatoms. The molecule has 146 valence electrons. The van der Waals surface area contributed by atoms with E-state index in [2.05, 4.69) is 5.10 Å². The molecule has 0 bridgehead atoms. The lowest BCUT2D eigenvalue weighted by atomic mass is 10.0. The number of amides is 1. The number of hydrogen-bond acceptors (Lipinski definition) is 5. The lowest BCUT2D eigenvalue weighted by molar-refractivity contribution is 0.0691. The first-order chi connectivity index (χ1) is 13.4. The maximum atomic E-state index is 12.9. The number of hydrogen-bond donors (Lipinski definition) is 1. The highest BCUT2D eigenvalue weighted by Gasteiger charge is 2.27. The summed E-state index contributed by atoms with van der Waals surface area (Å²) in [7, 11) is 0. The Bertz CT molecular complexity index is 1020. The van der Waals surface area contributed by atoms with E-state index in [1.54, 1.807) is 11.6 Å². The number of aromatic nitrogens is 2. The summed E-state index contributed by atoms with van der Waals surface area (Å²) in [5.74, 6) is 0.694. The average molecular weight is 399 g/mol. The minimum atomic E-state index is -0.961. The normalized spacial score (nSPS) is 15.1. The smallest absolute Gasteiger partial charge is 0.339 e. The highest BCUT2D eigenvalue weighted by molar-refractivity contribution is 7.17. The molecule has 28 heavy (non-hydrogen) atoms. The Morgan fingerprint density at radius 1 is 1.18 bits per heavy atom. The largest absolute Gasteiger partial charge is 0.478 e. The number of aryl methyl sites for hydroxylation is 1. The van der Waals surface area contributed by atoms with Gasteiger partial charge in [0.25, 0.3) is 5.91 Å². The van der Waals surface area contributed by atoms with Crippen LogP contribution in [0.1, 0.15) is 50.4 Å². The van der Waals surface area contributed by atoms with Crippen LogP contribution in [0.25, 0.3) is 10.6 Å². The third-order valence-electron chi connectivity index (χ3n) is 5.17. The van der Waals surface area contributed by atoms with Crippen molar-refractivity contribution in [1.29, 1.82) is 0 Å². The number of carbonyl (C=O) groups excluding carboxylic acids is 1. The number of carbonyl (C=O) groups is 2. The topological polar surface area (TPSA) is 88.6 Å². The van der Waals surface area contributed by atoms with E-state index in [1.165, 1.54) is 17.5 Å². The van der Waals surface area contributed by atoms with Crippen LogP contribution in [0.4, 0.5) is 0 Å². The number of nitrogens with zero attached hydrogens (tertiary/aromatic N) is 3. The van der Waals surface area contributed by atoms with Crippen molar-refractivity contribution in [1.82, 2.24) is 14.7 Å². The molecule has 1 amide bonds. The van der Waals surface area contributed by atoms with Gasteiger partial charge < -0.3 is 14.4 Å². The molecular weight excluding hydrogens is 378 g/mol. The van der Waals surface area contributed by atoms with Crippen LogP contribution in [0.3, 0.4) is 0 Å². The Hall–Kier alpha value is -2.87. The number of thiophene rings is 1. The Kier molecular flexibility index (Phi) is 4.80. The lowest BCUT2D eigenvalue weighted by Crippen LogP contribution is -2.39. The van der Waals surface area contributed by atoms with E-state index in [0.717, 1.165) is 29.2 Å². The van der Waals surface area contributed by atoms with E-state index in [1.807, 2.05) is 36.1 Å². The zero-order valence-corrected chi connectivity index (χ0v) is 16.5. The Morgan fingerprint density at radius 2 is 1.93 bits per heavy atom. The molecule has 4 heterocycles. The molecule has 3 aromatic heterocycles. The maximum Gasteiger partial charge on any atom is 0.339 e. The third-order valence-corrected chi connectivity index (χ3v) is 6.26. The number of aromatic carboxylic acids is 1. The Balaban J connectivity index is 1.42. The second-order valence-corrected chi connectivity index (χ2v) is 8.07. The zero-order chi connectivity index (χ0) is 19.8. The van der Waals surface area contributed by atoms with E-state index >= 15 is 0 Å². The number of piperidine rings is 1. The fourth-order valence-corrected chi connectivity index (χ4v) is 4.56. The molecule has 1 fully saturated rings. The van der Waals surface area contributed by atoms with Gasteiger partial charge in [0.2, 0.25) is 0 Å². The van der Waals surface area contributed by atoms with Crippen molar-refractivity contribution in [2.24, 2.45) is 0 Å². The molecule has 1 saturated heterocycles. The van der Waals surface area contributed by atoms with Gasteiger partial charge in [0.15, 0.2) is 0 Å². The van der Waals surface area contributed by atoms with E-state index in [-0.39, 0.29) is 17.5 Å². The molecule has 1 aliphatic heterocycles. The van der Waals surface area contributed by atoms with Gasteiger partial charge in [-0.1, -0.05) is 0 Å². The molecule has 1 N–H and O–H groups in total. The molecule has 0 unspecified atom stereocenters. The van der Waals surface area contributed by atoms with Crippen molar-refractivity contribution in [2.75, 3.05) is 13.1 Å². The molecule has 4 rings (SSSR count). The van der Waals surface area contributed by atoms with Gasteiger partial charge >= 0.3 is 5.97 Å². The number of likely N-dealkylation sites (tertiary alicyclic amines) is 1. The fourth-order valence-electron chi connectivity index (χ4n) is 3.62. The van der Waals surface area contributed by atoms with Crippen molar-refractivity contribution in [3.63, 3.8) is 0 Å². The highest BCUT2D eigenvalue weighted by Crippen LogP contribution is 2.31. The van der Waals surface area contributed by atoms with Crippen molar-refractivity contribution in [3.05, 3.63) is 52.4 Å². The summed E-state index contributed by atoms with van der Waals surface area (Å²) in [5.41, 5.74) is 0.895. The van der Waals surface area contributed by atoms with Crippen molar-refractivity contribution >= 4 is 23.2 Å². The molecule has 0 radical (unpaired) electrons. The average Bonchev–Trinajstić information content (AvgIpc) is 3.40. The quantitative estimate of drug-likeness (QED) is 0.716. The van der Waals surface area contributed by atoms with Crippen molar-refractivity contribution in [3.8, 4) is 10.6 Å². The summed E-state index contributed by atoms with van der Waals surface area (Å²) in [5, 5.41) is 13.4. The van der Waals surface area contributed by atoms with E-state index in [9.17, 15) is 14.7 Å². The summed E-state index contributed by atoms with van der Waals surface area (Å²) in [6.45, 7) is 4.92. The number of rotatable bonds is 4. The van der Waals surface area contributed by atoms with Gasteiger partial charge in [-0.15, -0.1) is 11.3 Å². The first-order valence-corrected chi connectivity index (χ1v) is 9.99. The molecule has 0 aliphatic carbocycles. The second kappa shape index (κ2) is 7.27. The minimum absolute atomic E-state index is 0.0291. The standard InChI is InChI=1S/C20H21N3O4S/c1-12-3-4-16(27-12)17-5-6-18(28-17)19(24)22-9-7-14(8-10-22)23-13(2)15(11-21-23)20(25)26/h3-6,11,14H,7-10H2,1-2H3,(H,25,26). The first kappa shape index (κ1) is 18.5. The summed E-state index contributed by atoms with van der Waals surface area (Å²) in [6.07, 6.45) is 2.91. The van der Waals surface area contributed by atoms with Gasteiger partial charge in [0.05, 0.1) is 27.7 Å². The number of carboxylic acid groups (broad SMARTS) is 1. The fraction of sp³-hybridized carbons (Fsp3) is 0.350. The van der Waals surface area contributed by atoms with Gasteiger partial charge in [-0.3, -0.25) is 9.48 Å².